The van der Waals surface area contributed by atoms with Crippen molar-refractivity contribution < 1.29 is 4.74 Å². The molecular formula is C14H13N5O. The average Bonchev–Trinajstić information content (AvgIpc) is 2.97. The molecule has 3 aromatic rings. The summed E-state index contributed by atoms with van der Waals surface area (Å²) in [7, 11) is 1.63. The molecule has 100 valence electrons. The van der Waals surface area contributed by atoms with E-state index in [0.29, 0.717) is 11.5 Å². The number of hydrogen-bond donors (Lipinski definition) is 1. The number of rotatable bonds is 3. The number of benzene rings is 2. The smallest absolute Gasteiger partial charge is 0.189 e. The highest BCUT2D eigenvalue weighted by atomic mass is 16.5. The molecule has 0 fully saturated rings. The van der Waals surface area contributed by atoms with Gasteiger partial charge in [-0.15, -0.1) is 5.10 Å². The number of tetrazole rings is 1. The van der Waals surface area contributed by atoms with Gasteiger partial charge in [-0.2, -0.15) is 4.68 Å². The van der Waals surface area contributed by atoms with Gasteiger partial charge < -0.3 is 10.5 Å². The molecule has 0 aliphatic heterocycles. The minimum atomic E-state index is 0.605. The lowest BCUT2D eigenvalue weighted by molar-refractivity contribution is 0.414. The predicted octanol–water partition coefficient (Wildman–Crippen LogP) is 1.92. The van der Waals surface area contributed by atoms with Crippen molar-refractivity contribution in [3.63, 3.8) is 0 Å². The molecule has 6 nitrogen and oxygen atoms in total. The van der Waals surface area contributed by atoms with E-state index in [-0.39, 0.29) is 0 Å². The van der Waals surface area contributed by atoms with Crippen LogP contribution in [-0.4, -0.2) is 27.3 Å². The third kappa shape index (κ3) is 2.07. The lowest BCUT2D eigenvalue weighted by Gasteiger charge is -2.07. The van der Waals surface area contributed by atoms with Crippen molar-refractivity contribution in [3.8, 4) is 22.8 Å². The fraction of sp³-hybridized carbons (Fsp3) is 0.0714. The average molecular weight is 267 g/mol. The quantitative estimate of drug-likeness (QED) is 0.733. The molecule has 0 atom stereocenters. The molecule has 1 heterocycles. The van der Waals surface area contributed by atoms with Gasteiger partial charge in [-0.25, -0.2) is 0 Å². The molecule has 2 aromatic carbocycles. The zero-order chi connectivity index (χ0) is 13.9. The van der Waals surface area contributed by atoms with Crippen LogP contribution < -0.4 is 10.5 Å². The van der Waals surface area contributed by atoms with Gasteiger partial charge in [-0.05, 0) is 46.8 Å². The molecule has 0 unspecified atom stereocenters. The van der Waals surface area contributed by atoms with Crippen molar-refractivity contribution in [1.29, 1.82) is 0 Å². The molecule has 20 heavy (non-hydrogen) atoms. The fourth-order valence-corrected chi connectivity index (χ4v) is 1.95. The van der Waals surface area contributed by atoms with Crippen molar-refractivity contribution in [2.24, 2.45) is 0 Å². The highest BCUT2D eigenvalue weighted by Gasteiger charge is 2.12. The maximum absolute atomic E-state index is 5.98. The second kappa shape index (κ2) is 5.00. The summed E-state index contributed by atoms with van der Waals surface area (Å²) in [6, 6.07) is 15.0. The number of nitrogen functional groups attached to an aromatic ring is 1. The van der Waals surface area contributed by atoms with Crippen molar-refractivity contribution in [2.45, 2.75) is 0 Å². The Labute approximate surface area is 115 Å². The van der Waals surface area contributed by atoms with Gasteiger partial charge in [-0.3, -0.25) is 0 Å². The first kappa shape index (κ1) is 12.2. The zero-order valence-corrected chi connectivity index (χ0v) is 10.9. The van der Waals surface area contributed by atoms with Crippen LogP contribution in [0.15, 0.2) is 48.5 Å². The number of para-hydroxylation sites is 1. The number of anilines is 1. The maximum atomic E-state index is 5.98. The van der Waals surface area contributed by atoms with Gasteiger partial charge in [-0.1, -0.05) is 12.1 Å². The Bertz CT molecular complexity index is 720. The summed E-state index contributed by atoms with van der Waals surface area (Å²) < 4.78 is 6.78. The molecule has 0 saturated heterocycles. The molecule has 0 amide bonds. The normalized spacial score (nSPS) is 10.4. The van der Waals surface area contributed by atoms with E-state index in [2.05, 4.69) is 15.5 Å². The van der Waals surface area contributed by atoms with E-state index in [0.717, 1.165) is 17.0 Å². The SMILES string of the molecule is COc1ccc(-n2nnnc2-c2ccccc2N)cc1. The summed E-state index contributed by atoms with van der Waals surface area (Å²) in [5.74, 6) is 1.39. The van der Waals surface area contributed by atoms with Crippen LogP contribution in [0.2, 0.25) is 0 Å². The molecule has 0 radical (unpaired) electrons. The lowest BCUT2D eigenvalue weighted by Crippen LogP contribution is -2.01. The van der Waals surface area contributed by atoms with Crippen LogP contribution in [-0.2, 0) is 0 Å². The van der Waals surface area contributed by atoms with Crippen LogP contribution in [0, 0.1) is 0 Å². The molecule has 0 bridgehead atoms. The standard InChI is InChI=1S/C14H13N5O/c1-20-11-8-6-10(7-9-11)19-14(16-17-18-19)12-4-2-3-5-13(12)15/h2-9H,15H2,1H3. The van der Waals surface area contributed by atoms with Gasteiger partial charge in [0.2, 0.25) is 0 Å². The van der Waals surface area contributed by atoms with E-state index in [1.807, 2.05) is 48.5 Å². The van der Waals surface area contributed by atoms with Crippen molar-refractivity contribution in [1.82, 2.24) is 20.2 Å². The third-order valence-corrected chi connectivity index (χ3v) is 2.99. The molecular weight excluding hydrogens is 254 g/mol. The van der Waals surface area contributed by atoms with E-state index in [1.165, 1.54) is 0 Å². The number of ether oxygens (including phenoxy) is 1. The van der Waals surface area contributed by atoms with Crippen LogP contribution in [0.25, 0.3) is 17.1 Å². The van der Waals surface area contributed by atoms with E-state index >= 15 is 0 Å². The number of nitrogens with two attached hydrogens (primary N) is 1. The zero-order valence-electron chi connectivity index (χ0n) is 10.9. The fourth-order valence-electron chi connectivity index (χ4n) is 1.95. The Balaban J connectivity index is 2.08. The minimum Gasteiger partial charge on any atom is -0.497 e. The Kier molecular flexibility index (Phi) is 3.04. The van der Waals surface area contributed by atoms with Gasteiger partial charge in [0.15, 0.2) is 5.82 Å². The molecule has 1 aromatic heterocycles. The third-order valence-electron chi connectivity index (χ3n) is 2.99. The molecule has 3 rings (SSSR count). The molecule has 0 spiro atoms. The highest BCUT2D eigenvalue weighted by Crippen LogP contribution is 2.25. The second-order valence-electron chi connectivity index (χ2n) is 4.20. The van der Waals surface area contributed by atoms with Gasteiger partial charge in [0.05, 0.1) is 12.8 Å². The van der Waals surface area contributed by atoms with Crippen LogP contribution in [0.4, 0.5) is 5.69 Å². The number of aromatic nitrogens is 4. The van der Waals surface area contributed by atoms with Crippen molar-refractivity contribution >= 4 is 5.69 Å². The van der Waals surface area contributed by atoms with Gasteiger partial charge in [0.25, 0.3) is 0 Å². The van der Waals surface area contributed by atoms with Crippen molar-refractivity contribution in [3.05, 3.63) is 48.5 Å². The topological polar surface area (TPSA) is 78.8 Å². The number of hydrogen-bond acceptors (Lipinski definition) is 5. The number of nitrogens with zero attached hydrogens (tertiary/aromatic N) is 4. The summed E-state index contributed by atoms with van der Waals surface area (Å²) in [5.41, 5.74) is 8.25. The largest absolute Gasteiger partial charge is 0.497 e. The molecule has 2 N–H and O–H groups in total. The predicted molar refractivity (Wildman–Crippen MR) is 75.6 cm³/mol. The van der Waals surface area contributed by atoms with Crippen LogP contribution in [0.3, 0.4) is 0 Å². The Morgan fingerprint density at radius 3 is 2.50 bits per heavy atom. The van der Waals surface area contributed by atoms with Gasteiger partial charge in [0.1, 0.15) is 5.75 Å². The number of methoxy groups -OCH3 is 1. The van der Waals surface area contributed by atoms with E-state index in [9.17, 15) is 0 Å². The van der Waals surface area contributed by atoms with E-state index < -0.39 is 0 Å². The lowest BCUT2D eigenvalue weighted by atomic mass is 10.1. The van der Waals surface area contributed by atoms with Gasteiger partial charge >= 0.3 is 0 Å². The second-order valence-corrected chi connectivity index (χ2v) is 4.20. The summed E-state index contributed by atoms with van der Waals surface area (Å²) in [4.78, 5) is 0. The monoisotopic (exact) mass is 267 g/mol. The highest BCUT2D eigenvalue weighted by molar-refractivity contribution is 5.72. The summed E-state index contributed by atoms with van der Waals surface area (Å²) in [6.45, 7) is 0. The first-order chi connectivity index (χ1) is 9.79. The van der Waals surface area contributed by atoms with E-state index in [1.54, 1.807) is 11.8 Å². The molecule has 0 aliphatic rings. The summed E-state index contributed by atoms with van der Waals surface area (Å²) >= 11 is 0. The molecule has 6 heteroatoms. The van der Waals surface area contributed by atoms with Gasteiger partial charge in [0, 0.05) is 11.3 Å². The molecule has 0 aliphatic carbocycles. The van der Waals surface area contributed by atoms with Crippen molar-refractivity contribution in [2.75, 3.05) is 12.8 Å². The van der Waals surface area contributed by atoms with Crippen LogP contribution >= 0.6 is 0 Å². The minimum absolute atomic E-state index is 0.605. The van der Waals surface area contributed by atoms with Crippen LogP contribution in [0.1, 0.15) is 0 Å². The summed E-state index contributed by atoms with van der Waals surface area (Å²) in [6.07, 6.45) is 0. The summed E-state index contributed by atoms with van der Waals surface area (Å²) in [5, 5.41) is 11.8. The maximum Gasteiger partial charge on any atom is 0.189 e. The van der Waals surface area contributed by atoms with E-state index in [4.69, 9.17) is 10.5 Å². The molecule has 0 saturated carbocycles. The Morgan fingerprint density at radius 1 is 1.05 bits per heavy atom. The Morgan fingerprint density at radius 2 is 1.80 bits per heavy atom. The first-order valence-corrected chi connectivity index (χ1v) is 6.07. The van der Waals surface area contributed by atoms with Crippen LogP contribution in [0.5, 0.6) is 5.75 Å². The first-order valence-electron chi connectivity index (χ1n) is 6.07. The Hall–Kier alpha value is -2.89.